The third kappa shape index (κ3) is 4.49. The van der Waals surface area contributed by atoms with Gasteiger partial charge in [-0.05, 0) is 38.0 Å². The lowest BCUT2D eigenvalue weighted by Crippen LogP contribution is -2.40. The molecule has 3 rings (SSSR count). The van der Waals surface area contributed by atoms with Crippen molar-refractivity contribution in [3.8, 4) is 0 Å². The summed E-state index contributed by atoms with van der Waals surface area (Å²) in [6.45, 7) is 2.58. The van der Waals surface area contributed by atoms with E-state index in [4.69, 9.17) is 4.74 Å². The summed E-state index contributed by atoms with van der Waals surface area (Å²) in [5.74, 6) is -0.539. The van der Waals surface area contributed by atoms with Crippen molar-refractivity contribution in [2.24, 2.45) is 0 Å². The van der Waals surface area contributed by atoms with E-state index in [2.05, 4.69) is 5.32 Å². The van der Waals surface area contributed by atoms with Gasteiger partial charge in [0.05, 0.1) is 23.0 Å². The highest BCUT2D eigenvalue weighted by atomic mass is 32.2. The molecule has 5 nitrogen and oxygen atoms in total. The lowest BCUT2D eigenvalue weighted by atomic mass is 10.1. The molecular weight excluding hydrogens is 350 g/mol. The Kier molecular flexibility index (Phi) is 5.58. The van der Waals surface area contributed by atoms with E-state index in [1.807, 2.05) is 6.92 Å². The number of alkyl halides is 2. The summed E-state index contributed by atoms with van der Waals surface area (Å²) in [6, 6.07) is 5.11. The van der Waals surface area contributed by atoms with Gasteiger partial charge in [-0.1, -0.05) is 0 Å². The first-order valence-corrected chi connectivity index (χ1v) is 9.13. The number of halogens is 2. The quantitative estimate of drug-likeness (QED) is 0.826. The van der Waals surface area contributed by atoms with E-state index >= 15 is 0 Å². The van der Waals surface area contributed by atoms with Crippen LogP contribution >= 0.6 is 11.8 Å². The molecular formula is C17H20F2N2O3S. The molecule has 0 radical (unpaired) electrons. The van der Waals surface area contributed by atoms with E-state index in [-0.39, 0.29) is 23.8 Å². The van der Waals surface area contributed by atoms with Crippen LogP contribution in [-0.2, 0) is 9.53 Å². The molecule has 0 aliphatic carbocycles. The lowest BCUT2D eigenvalue weighted by Gasteiger charge is -2.31. The van der Waals surface area contributed by atoms with Crippen LogP contribution in [0, 0.1) is 0 Å². The lowest BCUT2D eigenvalue weighted by molar-refractivity contribution is -0.115. The normalized spacial score (nSPS) is 21.8. The molecule has 2 heterocycles. The number of esters is 1. The highest BCUT2D eigenvalue weighted by Crippen LogP contribution is 2.36. The summed E-state index contributed by atoms with van der Waals surface area (Å²) < 4.78 is 30.3. The van der Waals surface area contributed by atoms with Crippen LogP contribution in [0.3, 0.4) is 0 Å². The van der Waals surface area contributed by atoms with Crippen LogP contribution in [0.4, 0.5) is 14.5 Å². The molecule has 1 atom stereocenters. The molecule has 0 unspecified atom stereocenters. The summed E-state index contributed by atoms with van der Waals surface area (Å²) in [5.41, 5.74) is 0.999. The van der Waals surface area contributed by atoms with Gasteiger partial charge in [0.25, 0.3) is 6.43 Å². The Morgan fingerprint density at radius 1 is 1.40 bits per heavy atom. The Hall–Kier alpha value is -1.67. The molecule has 0 spiro atoms. The predicted octanol–water partition coefficient (Wildman–Crippen LogP) is 3.01. The zero-order valence-corrected chi connectivity index (χ0v) is 14.7. The molecule has 25 heavy (non-hydrogen) atoms. The first-order valence-electron chi connectivity index (χ1n) is 8.25. The van der Waals surface area contributed by atoms with E-state index in [0.717, 1.165) is 4.90 Å². The van der Waals surface area contributed by atoms with Crippen molar-refractivity contribution < 1.29 is 23.1 Å². The second-order valence-corrected chi connectivity index (χ2v) is 7.64. The number of piperidine rings is 1. The molecule has 1 amide bonds. The molecule has 0 saturated carbocycles. The second kappa shape index (κ2) is 7.70. The van der Waals surface area contributed by atoms with Crippen molar-refractivity contribution in [3.63, 3.8) is 0 Å². The minimum Gasteiger partial charge on any atom is -0.459 e. The third-order valence-corrected chi connectivity index (χ3v) is 5.53. The fourth-order valence-electron chi connectivity index (χ4n) is 2.96. The monoisotopic (exact) mass is 370 g/mol. The molecule has 1 aromatic rings. The Bertz CT molecular complexity index is 663. The van der Waals surface area contributed by atoms with Gasteiger partial charge in [-0.2, -0.15) is 0 Å². The molecule has 1 fully saturated rings. The van der Waals surface area contributed by atoms with Crippen LogP contribution in [0.1, 0.15) is 30.1 Å². The summed E-state index contributed by atoms with van der Waals surface area (Å²) in [4.78, 5) is 26.7. The molecule has 1 N–H and O–H groups in total. The van der Waals surface area contributed by atoms with Gasteiger partial charge < -0.3 is 10.1 Å². The van der Waals surface area contributed by atoms with Gasteiger partial charge in [0.15, 0.2) is 0 Å². The number of anilines is 1. The maximum Gasteiger partial charge on any atom is 0.338 e. The van der Waals surface area contributed by atoms with Gasteiger partial charge in [0, 0.05) is 18.0 Å². The number of hydrogen-bond donors (Lipinski definition) is 1. The van der Waals surface area contributed by atoms with Gasteiger partial charge in [-0.15, -0.1) is 11.8 Å². The summed E-state index contributed by atoms with van der Waals surface area (Å²) in [7, 11) is 0. The number of fused-ring (bicyclic) bond motifs is 1. The van der Waals surface area contributed by atoms with Crippen molar-refractivity contribution in [1.82, 2.24) is 4.90 Å². The van der Waals surface area contributed by atoms with Gasteiger partial charge in [-0.3, -0.25) is 9.69 Å². The first kappa shape index (κ1) is 18.1. The Morgan fingerprint density at radius 2 is 2.12 bits per heavy atom. The standard InChI is InChI=1S/C17H20F2N2O3S/c1-10-16(22)20-13-8-11(2-3-14(13)25-10)17(23)24-12-4-6-21(7-5-12)9-15(18)19/h2-3,8,10,12,15H,4-7,9H2,1H3,(H,20,22)/t10-/m0/s1. The van der Waals surface area contributed by atoms with Crippen LogP contribution < -0.4 is 5.32 Å². The van der Waals surface area contributed by atoms with Gasteiger partial charge in [-0.25, -0.2) is 13.6 Å². The Labute approximate surface area is 149 Å². The largest absolute Gasteiger partial charge is 0.459 e. The maximum absolute atomic E-state index is 12.4. The number of nitrogens with one attached hydrogen (secondary N) is 1. The van der Waals surface area contributed by atoms with Crippen LogP contribution in [0.25, 0.3) is 0 Å². The number of benzene rings is 1. The Balaban J connectivity index is 1.58. The van der Waals surface area contributed by atoms with Crippen molar-refractivity contribution in [3.05, 3.63) is 23.8 Å². The molecule has 136 valence electrons. The number of nitrogens with zero attached hydrogens (tertiary/aromatic N) is 1. The van der Waals surface area contributed by atoms with Gasteiger partial charge in [0.1, 0.15) is 6.10 Å². The molecule has 1 aromatic carbocycles. The average Bonchev–Trinajstić information content (AvgIpc) is 2.57. The van der Waals surface area contributed by atoms with Gasteiger partial charge in [0.2, 0.25) is 5.91 Å². The van der Waals surface area contributed by atoms with Crippen molar-refractivity contribution in [2.45, 2.75) is 42.4 Å². The number of likely N-dealkylation sites (tertiary alicyclic amines) is 1. The van der Waals surface area contributed by atoms with Gasteiger partial charge >= 0.3 is 5.97 Å². The van der Waals surface area contributed by atoms with Crippen molar-refractivity contribution >= 4 is 29.3 Å². The minimum atomic E-state index is -2.34. The van der Waals surface area contributed by atoms with Crippen LogP contribution in [0.5, 0.6) is 0 Å². The topological polar surface area (TPSA) is 58.6 Å². The number of carbonyl (C=O) groups excluding carboxylic acids is 2. The predicted molar refractivity (Wildman–Crippen MR) is 91.3 cm³/mol. The van der Waals surface area contributed by atoms with E-state index < -0.39 is 12.4 Å². The minimum absolute atomic E-state index is 0.0885. The fourth-order valence-corrected chi connectivity index (χ4v) is 3.89. The molecule has 2 aliphatic rings. The molecule has 0 aromatic heterocycles. The highest BCUT2D eigenvalue weighted by Gasteiger charge is 2.26. The molecule has 0 bridgehead atoms. The van der Waals surface area contributed by atoms with E-state index in [1.165, 1.54) is 11.8 Å². The van der Waals surface area contributed by atoms with Crippen molar-refractivity contribution in [2.75, 3.05) is 25.0 Å². The zero-order chi connectivity index (χ0) is 18.0. The maximum atomic E-state index is 12.4. The average molecular weight is 370 g/mol. The van der Waals surface area contributed by atoms with E-state index in [9.17, 15) is 18.4 Å². The number of ether oxygens (including phenoxy) is 1. The molecule has 2 aliphatic heterocycles. The van der Waals surface area contributed by atoms with Crippen LogP contribution in [0.2, 0.25) is 0 Å². The SMILES string of the molecule is C[C@@H]1Sc2ccc(C(=O)OC3CCN(CC(F)F)CC3)cc2NC1=O. The number of carbonyl (C=O) groups is 2. The number of rotatable bonds is 4. The smallest absolute Gasteiger partial charge is 0.338 e. The number of amides is 1. The molecule has 1 saturated heterocycles. The summed E-state index contributed by atoms with van der Waals surface area (Å²) in [5, 5.41) is 2.62. The summed E-state index contributed by atoms with van der Waals surface area (Å²) in [6.07, 6.45) is -1.51. The third-order valence-electron chi connectivity index (χ3n) is 4.35. The van der Waals surface area contributed by atoms with E-state index in [1.54, 1.807) is 23.1 Å². The first-order chi connectivity index (χ1) is 11.9. The number of thioether (sulfide) groups is 1. The number of hydrogen-bond acceptors (Lipinski definition) is 5. The summed E-state index contributed by atoms with van der Waals surface area (Å²) >= 11 is 1.45. The molecule has 8 heteroatoms. The van der Waals surface area contributed by atoms with Crippen LogP contribution in [-0.4, -0.2) is 54.2 Å². The highest BCUT2D eigenvalue weighted by molar-refractivity contribution is 8.00. The zero-order valence-electron chi connectivity index (χ0n) is 13.8. The Morgan fingerprint density at radius 3 is 2.80 bits per heavy atom. The van der Waals surface area contributed by atoms with Crippen LogP contribution in [0.15, 0.2) is 23.1 Å². The van der Waals surface area contributed by atoms with Crippen molar-refractivity contribution in [1.29, 1.82) is 0 Å². The van der Waals surface area contributed by atoms with E-state index in [0.29, 0.717) is 37.2 Å². The second-order valence-electron chi connectivity index (χ2n) is 6.26. The fraction of sp³-hybridized carbons (Fsp3) is 0.529.